The van der Waals surface area contributed by atoms with Crippen LogP contribution in [0.15, 0.2) is 17.1 Å². The summed E-state index contributed by atoms with van der Waals surface area (Å²) in [5.41, 5.74) is 1.15. The standard InChI is InChI=1S/C14H14N2O2/c1-10-6-12(7-11(8-15)13(10)18)14(16-9-17)4-2-3-5-14/h6-7,18H,2-5H2,1H3. The minimum Gasteiger partial charge on any atom is -0.506 e. The quantitative estimate of drug-likeness (QED) is 0.640. The molecule has 1 aliphatic rings. The number of nitriles is 1. The SMILES string of the molecule is Cc1cc(C2(N=C=O)CCCC2)cc(C#N)c1O. The van der Waals surface area contributed by atoms with Gasteiger partial charge in [-0.25, -0.2) is 4.79 Å². The minimum atomic E-state index is -0.550. The third-order valence-electron chi connectivity index (χ3n) is 3.65. The highest BCUT2D eigenvalue weighted by atomic mass is 16.3. The molecule has 0 saturated heterocycles. The third kappa shape index (κ3) is 1.90. The molecule has 1 N–H and O–H groups in total. The molecule has 0 spiro atoms. The number of aryl methyl sites for hydroxylation is 1. The monoisotopic (exact) mass is 242 g/mol. The first-order valence-electron chi connectivity index (χ1n) is 5.96. The molecule has 0 unspecified atom stereocenters. The molecule has 1 fully saturated rings. The van der Waals surface area contributed by atoms with Crippen molar-refractivity contribution in [3.8, 4) is 11.8 Å². The van der Waals surface area contributed by atoms with Gasteiger partial charge in [0.15, 0.2) is 0 Å². The van der Waals surface area contributed by atoms with Crippen LogP contribution >= 0.6 is 0 Å². The van der Waals surface area contributed by atoms with E-state index < -0.39 is 5.54 Å². The second-order valence-electron chi connectivity index (χ2n) is 4.74. The second-order valence-corrected chi connectivity index (χ2v) is 4.74. The zero-order chi connectivity index (χ0) is 13.2. The highest BCUT2D eigenvalue weighted by Gasteiger charge is 2.36. The van der Waals surface area contributed by atoms with Crippen molar-refractivity contribution >= 4 is 6.08 Å². The van der Waals surface area contributed by atoms with Crippen molar-refractivity contribution in [2.75, 3.05) is 0 Å². The number of rotatable bonds is 2. The first-order chi connectivity index (χ1) is 8.63. The molecular formula is C14H14N2O2. The van der Waals surface area contributed by atoms with Crippen LogP contribution in [0.5, 0.6) is 5.75 Å². The van der Waals surface area contributed by atoms with Gasteiger partial charge in [-0.05, 0) is 43.0 Å². The summed E-state index contributed by atoms with van der Waals surface area (Å²) in [5, 5.41) is 18.8. The molecule has 0 amide bonds. The summed E-state index contributed by atoms with van der Waals surface area (Å²) in [4.78, 5) is 14.6. The molecule has 1 saturated carbocycles. The molecular weight excluding hydrogens is 228 g/mol. The van der Waals surface area contributed by atoms with E-state index >= 15 is 0 Å². The topological polar surface area (TPSA) is 73.5 Å². The van der Waals surface area contributed by atoms with E-state index in [1.807, 2.05) is 12.1 Å². The zero-order valence-corrected chi connectivity index (χ0v) is 10.2. The molecule has 4 heteroatoms. The van der Waals surface area contributed by atoms with Gasteiger partial charge in [0.1, 0.15) is 11.8 Å². The number of isocyanates is 1. The molecule has 0 atom stereocenters. The van der Waals surface area contributed by atoms with Gasteiger partial charge in [0.05, 0.1) is 11.1 Å². The van der Waals surface area contributed by atoms with Crippen LogP contribution in [-0.4, -0.2) is 11.2 Å². The average molecular weight is 242 g/mol. The maximum Gasteiger partial charge on any atom is 0.235 e. The maximum atomic E-state index is 10.6. The lowest BCUT2D eigenvalue weighted by Gasteiger charge is -2.23. The highest BCUT2D eigenvalue weighted by Crippen LogP contribution is 2.43. The van der Waals surface area contributed by atoms with Gasteiger partial charge in [0.25, 0.3) is 0 Å². The van der Waals surface area contributed by atoms with E-state index in [0.717, 1.165) is 31.2 Å². The first-order valence-corrected chi connectivity index (χ1v) is 5.96. The van der Waals surface area contributed by atoms with Crippen LogP contribution in [0.25, 0.3) is 0 Å². The van der Waals surface area contributed by atoms with E-state index in [1.165, 1.54) is 0 Å². The van der Waals surface area contributed by atoms with Gasteiger partial charge in [-0.2, -0.15) is 10.3 Å². The number of hydrogen-bond acceptors (Lipinski definition) is 4. The van der Waals surface area contributed by atoms with E-state index in [4.69, 9.17) is 5.26 Å². The van der Waals surface area contributed by atoms with Crippen LogP contribution in [0.3, 0.4) is 0 Å². The molecule has 1 aliphatic carbocycles. The Labute approximate surface area is 106 Å². The first kappa shape index (κ1) is 12.3. The number of hydrogen-bond donors (Lipinski definition) is 1. The molecule has 1 aromatic rings. The largest absolute Gasteiger partial charge is 0.506 e. The zero-order valence-electron chi connectivity index (χ0n) is 10.2. The number of phenolic OH excluding ortho intramolecular Hbond substituents is 1. The highest BCUT2D eigenvalue weighted by molar-refractivity contribution is 5.52. The number of carbonyl (C=O) groups excluding carboxylic acids is 1. The van der Waals surface area contributed by atoms with Crippen LogP contribution in [0.2, 0.25) is 0 Å². The Bertz CT molecular complexity index is 560. The van der Waals surface area contributed by atoms with Crippen molar-refractivity contribution in [3.05, 3.63) is 28.8 Å². The Morgan fingerprint density at radius 2 is 2.06 bits per heavy atom. The van der Waals surface area contributed by atoms with E-state index in [-0.39, 0.29) is 11.3 Å². The number of phenols is 1. The number of nitrogens with zero attached hydrogens (tertiary/aromatic N) is 2. The lowest BCUT2D eigenvalue weighted by molar-refractivity contribution is 0.448. The molecule has 0 aromatic heterocycles. The van der Waals surface area contributed by atoms with E-state index in [1.54, 1.807) is 19.1 Å². The molecule has 92 valence electrons. The molecule has 18 heavy (non-hydrogen) atoms. The summed E-state index contributed by atoms with van der Waals surface area (Å²) in [7, 11) is 0. The second kappa shape index (κ2) is 4.64. The number of aliphatic imine (C=N–C) groups is 1. The Balaban J connectivity index is 2.60. The molecule has 0 heterocycles. The predicted octanol–water partition coefficient (Wildman–Crippen LogP) is 2.68. The van der Waals surface area contributed by atoms with Gasteiger partial charge in [-0.15, -0.1) is 0 Å². The average Bonchev–Trinajstić information content (AvgIpc) is 2.82. The maximum absolute atomic E-state index is 10.6. The normalized spacial score (nSPS) is 16.9. The van der Waals surface area contributed by atoms with Crippen LogP contribution in [-0.2, 0) is 10.3 Å². The fraction of sp³-hybridized carbons (Fsp3) is 0.429. The fourth-order valence-electron chi connectivity index (χ4n) is 2.65. The summed E-state index contributed by atoms with van der Waals surface area (Å²) < 4.78 is 0. The minimum absolute atomic E-state index is 0.00415. The van der Waals surface area contributed by atoms with Crippen molar-refractivity contribution in [2.24, 2.45) is 4.99 Å². The Hall–Kier alpha value is -2.11. The van der Waals surface area contributed by atoms with Gasteiger partial charge in [0.2, 0.25) is 6.08 Å². The number of aromatic hydroxyl groups is 1. The van der Waals surface area contributed by atoms with Crippen LogP contribution < -0.4 is 0 Å². The fourth-order valence-corrected chi connectivity index (χ4v) is 2.65. The van der Waals surface area contributed by atoms with Gasteiger partial charge in [-0.1, -0.05) is 12.8 Å². The lowest BCUT2D eigenvalue weighted by Crippen LogP contribution is -2.19. The van der Waals surface area contributed by atoms with Gasteiger partial charge in [-0.3, -0.25) is 0 Å². The molecule has 2 rings (SSSR count). The lowest BCUT2D eigenvalue weighted by atomic mass is 9.86. The molecule has 0 aliphatic heterocycles. The van der Waals surface area contributed by atoms with Gasteiger partial charge >= 0.3 is 0 Å². The summed E-state index contributed by atoms with van der Waals surface area (Å²) in [6, 6.07) is 5.41. The molecule has 4 nitrogen and oxygen atoms in total. The van der Waals surface area contributed by atoms with Crippen molar-refractivity contribution in [1.82, 2.24) is 0 Å². The van der Waals surface area contributed by atoms with Gasteiger partial charge in [0, 0.05) is 0 Å². The van der Waals surface area contributed by atoms with Crippen molar-refractivity contribution in [1.29, 1.82) is 5.26 Å². The summed E-state index contributed by atoms with van der Waals surface area (Å²) in [6.07, 6.45) is 5.24. The van der Waals surface area contributed by atoms with Gasteiger partial charge < -0.3 is 5.11 Å². The third-order valence-corrected chi connectivity index (χ3v) is 3.65. The Morgan fingerprint density at radius 3 is 2.61 bits per heavy atom. The van der Waals surface area contributed by atoms with E-state index in [0.29, 0.717) is 5.56 Å². The predicted molar refractivity (Wildman–Crippen MR) is 65.8 cm³/mol. The Morgan fingerprint density at radius 1 is 1.39 bits per heavy atom. The summed E-state index contributed by atoms with van der Waals surface area (Å²) >= 11 is 0. The molecule has 0 radical (unpaired) electrons. The van der Waals surface area contributed by atoms with Crippen molar-refractivity contribution in [3.63, 3.8) is 0 Å². The summed E-state index contributed by atoms with van der Waals surface area (Å²) in [5.74, 6) is 0.00415. The Kier molecular flexibility index (Phi) is 3.18. The van der Waals surface area contributed by atoms with Crippen LogP contribution in [0.1, 0.15) is 42.4 Å². The molecule has 1 aromatic carbocycles. The number of benzene rings is 1. The van der Waals surface area contributed by atoms with E-state index in [2.05, 4.69) is 4.99 Å². The van der Waals surface area contributed by atoms with E-state index in [9.17, 15) is 9.90 Å². The van der Waals surface area contributed by atoms with Crippen LogP contribution in [0, 0.1) is 18.3 Å². The summed E-state index contributed by atoms with van der Waals surface area (Å²) in [6.45, 7) is 1.74. The smallest absolute Gasteiger partial charge is 0.235 e. The van der Waals surface area contributed by atoms with Crippen molar-refractivity contribution in [2.45, 2.75) is 38.1 Å². The molecule has 0 bridgehead atoms. The van der Waals surface area contributed by atoms with Crippen LogP contribution in [0.4, 0.5) is 0 Å². The van der Waals surface area contributed by atoms with Crippen molar-refractivity contribution < 1.29 is 9.90 Å².